The highest BCUT2D eigenvalue weighted by Gasteiger charge is 2.73. The molecule has 1 amide bonds. The van der Waals surface area contributed by atoms with Crippen LogP contribution in [0.2, 0.25) is 0 Å². The maximum absolute atomic E-state index is 12.0. The fourth-order valence-electron chi connectivity index (χ4n) is 4.09. The molecular formula is C12H17NO3. The number of carbonyl (C=O) groups is 2. The summed E-state index contributed by atoms with van der Waals surface area (Å²) in [6.07, 6.45) is 1.77. The van der Waals surface area contributed by atoms with Gasteiger partial charge in [-0.3, -0.25) is 9.59 Å². The Kier molecular flexibility index (Phi) is 1.71. The van der Waals surface area contributed by atoms with E-state index in [4.69, 9.17) is 4.74 Å². The third-order valence-electron chi connectivity index (χ3n) is 4.77. The number of ether oxygens (including phenoxy) is 1. The van der Waals surface area contributed by atoms with Crippen molar-refractivity contribution in [3.05, 3.63) is 0 Å². The number of carbonyl (C=O) groups excluding carboxylic acids is 2. The Morgan fingerprint density at radius 1 is 1.50 bits per heavy atom. The summed E-state index contributed by atoms with van der Waals surface area (Å²) in [7, 11) is 0. The first-order valence-electron chi connectivity index (χ1n) is 5.92. The van der Waals surface area contributed by atoms with Gasteiger partial charge in [-0.15, -0.1) is 0 Å². The van der Waals surface area contributed by atoms with Gasteiger partial charge in [-0.2, -0.15) is 0 Å². The molecule has 2 bridgehead atoms. The molecule has 1 spiro atoms. The lowest BCUT2D eigenvalue weighted by atomic mass is 9.65. The average Bonchev–Trinajstić information content (AvgIpc) is 2.72. The lowest BCUT2D eigenvalue weighted by Gasteiger charge is -2.31. The Hall–Kier alpha value is -0.900. The van der Waals surface area contributed by atoms with Gasteiger partial charge < -0.3 is 10.1 Å². The molecule has 0 unspecified atom stereocenters. The number of rotatable bonds is 1. The predicted molar refractivity (Wildman–Crippen MR) is 56.7 cm³/mol. The lowest BCUT2D eigenvalue weighted by molar-refractivity contribution is -0.133. The molecule has 5 atom stereocenters. The molecule has 1 N–H and O–H groups in total. The lowest BCUT2D eigenvalue weighted by Crippen LogP contribution is -2.45. The van der Waals surface area contributed by atoms with Crippen LogP contribution in [0.25, 0.3) is 0 Å². The minimum Gasteiger partial charge on any atom is -0.365 e. The Morgan fingerprint density at radius 3 is 2.81 bits per heavy atom. The summed E-state index contributed by atoms with van der Waals surface area (Å²) in [5.41, 5.74) is -0.829. The summed E-state index contributed by atoms with van der Waals surface area (Å²) in [5, 5.41) is 2.92. The van der Waals surface area contributed by atoms with Crippen molar-refractivity contribution in [2.75, 3.05) is 0 Å². The van der Waals surface area contributed by atoms with Gasteiger partial charge in [0.1, 0.15) is 11.4 Å². The molecule has 0 aromatic heterocycles. The highest BCUT2D eigenvalue weighted by molar-refractivity contribution is 5.92. The molecule has 4 nitrogen and oxygen atoms in total. The Balaban J connectivity index is 2.12. The normalized spacial score (nSPS) is 53.9. The van der Waals surface area contributed by atoms with Gasteiger partial charge >= 0.3 is 0 Å². The number of fused-ring (bicyclic) bond motifs is 1. The van der Waals surface area contributed by atoms with E-state index in [-0.39, 0.29) is 29.6 Å². The SMILES string of the molecule is CC(=O)[C@H]1[C@@H]2C(=O)N[C@H](C)[C@@]23CC[C@]1(C)O3. The number of amides is 1. The molecule has 3 saturated heterocycles. The van der Waals surface area contributed by atoms with Gasteiger partial charge in [0.2, 0.25) is 5.91 Å². The molecule has 3 rings (SSSR count). The van der Waals surface area contributed by atoms with Crippen LogP contribution in [-0.2, 0) is 14.3 Å². The number of ketones is 1. The van der Waals surface area contributed by atoms with E-state index >= 15 is 0 Å². The molecule has 4 heteroatoms. The van der Waals surface area contributed by atoms with Crippen molar-refractivity contribution in [2.24, 2.45) is 11.8 Å². The molecule has 3 fully saturated rings. The van der Waals surface area contributed by atoms with E-state index in [0.29, 0.717) is 0 Å². The first-order chi connectivity index (χ1) is 7.41. The van der Waals surface area contributed by atoms with Crippen molar-refractivity contribution in [2.45, 2.75) is 50.9 Å². The Bertz CT molecular complexity index is 394. The van der Waals surface area contributed by atoms with Gasteiger partial charge in [0.05, 0.1) is 23.5 Å². The molecular weight excluding hydrogens is 206 g/mol. The second kappa shape index (κ2) is 2.67. The van der Waals surface area contributed by atoms with Gasteiger partial charge in [-0.1, -0.05) is 0 Å². The van der Waals surface area contributed by atoms with Gasteiger partial charge in [-0.25, -0.2) is 0 Å². The minimum atomic E-state index is -0.415. The molecule has 16 heavy (non-hydrogen) atoms. The number of nitrogens with one attached hydrogen (secondary N) is 1. The van der Waals surface area contributed by atoms with Crippen molar-refractivity contribution in [3.8, 4) is 0 Å². The summed E-state index contributed by atoms with van der Waals surface area (Å²) in [6.45, 7) is 5.53. The topological polar surface area (TPSA) is 55.4 Å². The van der Waals surface area contributed by atoms with E-state index in [9.17, 15) is 9.59 Å². The van der Waals surface area contributed by atoms with E-state index < -0.39 is 11.2 Å². The zero-order valence-electron chi connectivity index (χ0n) is 9.87. The minimum absolute atomic E-state index is 0.00359. The van der Waals surface area contributed by atoms with Crippen LogP contribution in [0.3, 0.4) is 0 Å². The van der Waals surface area contributed by atoms with Crippen LogP contribution in [0, 0.1) is 11.8 Å². The standard InChI is InChI=1S/C12H17NO3/c1-6(14)8-9-10(15)13-7(2)12(9)5-4-11(8,3)16-12/h7-9H,4-5H2,1-3H3,(H,13,15)/t7-,8+,9-,11+,12+/m1/s1. The van der Waals surface area contributed by atoms with Crippen LogP contribution >= 0.6 is 0 Å². The number of hydrogen-bond donors (Lipinski definition) is 1. The summed E-state index contributed by atoms with van der Waals surface area (Å²) >= 11 is 0. The molecule has 0 aromatic carbocycles. The van der Waals surface area contributed by atoms with Crippen LogP contribution < -0.4 is 5.32 Å². The van der Waals surface area contributed by atoms with Gasteiger partial charge in [-0.05, 0) is 33.6 Å². The van der Waals surface area contributed by atoms with E-state index in [1.54, 1.807) is 6.92 Å². The molecule has 3 aliphatic heterocycles. The predicted octanol–water partition coefficient (Wildman–Crippen LogP) is 0.648. The zero-order chi connectivity index (χ0) is 11.7. The van der Waals surface area contributed by atoms with Gasteiger partial charge in [0, 0.05) is 0 Å². The van der Waals surface area contributed by atoms with Crippen LogP contribution in [0.4, 0.5) is 0 Å². The third-order valence-corrected chi connectivity index (χ3v) is 4.77. The molecule has 0 radical (unpaired) electrons. The largest absolute Gasteiger partial charge is 0.365 e. The molecule has 88 valence electrons. The van der Waals surface area contributed by atoms with Crippen LogP contribution in [0.5, 0.6) is 0 Å². The highest BCUT2D eigenvalue weighted by Crippen LogP contribution is 2.61. The maximum atomic E-state index is 12.0. The highest BCUT2D eigenvalue weighted by atomic mass is 16.5. The first-order valence-corrected chi connectivity index (χ1v) is 5.92. The molecule has 0 aliphatic carbocycles. The molecule has 3 heterocycles. The van der Waals surface area contributed by atoms with E-state index in [2.05, 4.69) is 5.32 Å². The number of hydrogen-bond acceptors (Lipinski definition) is 3. The summed E-state index contributed by atoms with van der Waals surface area (Å²) in [4.78, 5) is 23.7. The summed E-state index contributed by atoms with van der Waals surface area (Å²) in [6, 6.07) is 0.0242. The van der Waals surface area contributed by atoms with Crippen LogP contribution in [-0.4, -0.2) is 28.9 Å². The van der Waals surface area contributed by atoms with Crippen molar-refractivity contribution in [3.63, 3.8) is 0 Å². The van der Waals surface area contributed by atoms with Gasteiger partial charge in [0.15, 0.2) is 0 Å². The monoisotopic (exact) mass is 223 g/mol. The first kappa shape index (κ1) is 10.3. The van der Waals surface area contributed by atoms with Crippen molar-refractivity contribution in [1.82, 2.24) is 5.32 Å². The summed E-state index contributed by atoms with van der Waals surface area (Å²) in [5.74, 6) is -0.445. The van der Waals surface area contributed by atoms with E-state index in [1.807, 2.05) is 13.8 Å². The average molecular weight is 223 g/mol. The Morgan fingerprint density at radius 2 is 2.19 bits per heavy atom. The fraction of sp³-hybridized carbons (Fsp3) is 0.833. The summed E-state index contributed by atoms with van der Waals surface area (Å²) < 4.78 is 6.12. The molecule has 3 aliphatic rings. The second-order valence-electron chi connectivity index (χ2n) is 5.67. The van der Waals surface area contributed by atoms with Crippen LogP contribution in [0.1, 0.15) is 33.6 Å². The van der Waals surface area contributed by atoms with Crippen molar-refractivity contribution < 1.29 is 14.3 Å². The zero-order valence-corrected chi connectivity index (χ0v) is 9.87. The molecule has 0 aromatic rings. The second-order valence-corrected chi connectivity index (χ2v) is 5.67. The van der Waals surface area contributed by atoms with E-state index in [0.717, 1.165) is 12.8 Å². The fourth-order valence-corrected chi connectivity index (χ4v) is 4.09. The Labute approximate surface area is 94.7 Å². The third kappa shape index (κ3) is 0.902. The number of Topliss-reactive ketones (excluding diaryl/α,β-unsaturated/α-hetero) is 1. The van der Waals surface area contributed by atoms with E-state index in [1.165, 1.54) is 0 Å². The van der Waals surface area contributed by atoms with Crippen molar-refractivity contribution in [1.29, 1.82) is 0 Å². The van der Waals surface area contributed by atoms with Crippen molar-refractivity contribution >= 4 is 11.7 Å². The van der Waals surface area contributed by atoms with Gasteiger partial charge in [0.25, 0.3) is 0 Å². The molecule has 0 saturated carbocycles. The maximum Gasteiger partial charge on any atom is 0.227 e. The smallest absolute Gasteiger partial charge is 0.227 e. The quantitative estimate of drug-likeness (QED) is 0.710. The van der Waals surface area contributed by atoms with Crippen LogP contribution in [0.15, 0.2) is 0 Å².